The van der Waals surface area contributed by atoms with Crippen molar-refractivity contribution in [3.63, 3.8) is 0 Å². The third-order valence-corrected chi connectivity index (χ3v) is 3.10. The molecule has 0 fully saturated rings. The van der Waals surface area contributed by atoms with Gasteiger partial charge >= 0.3 is 0 Å². The zero-order chi connectivity index (χ0) is 14.5. The van der Waals surface area contributed by atoms with Crippen molar-refractivity contribution in [2.75, 3.05) is 11.2 Å². The zero-order valence-corrected chi connectivity index (χ0v) is 12.3. The first-order chi connectivity index (χ1) is 9.58. The number of nitrogens with one attached hydrogen (secondary N) is 1. The van der Waals surface area contributed by atoms with Crippen LogP contribution in [-0.4, -0.2) is 11.8 Å². The number of amides is 1. The second-order valence-electron chi connectivity index (χ2n) is 4.22. The summed E-state index contributed by atoms with van der Waals surface area (Å²) in [7, 11) is 0. The molecule has 104 valence electrons. The van der Waals surface area contributed by atoms with Gasteiger partial charge in [-0.2, -0.15) is 0 Å². The van der Waals surface area contributed by atoms with E-state index in [0.29, 0.717) is 16.5 Å². The highest BCUT2D eigenvalue weighted by Gasteiger charge is 2.03. The molecule has 0 unspecified atom stereocenters. The fourth-order valence-corrected chi connectivity index (χ4v) is 1.95. The third kappa shape index (κ3) is 3.89. The second-order valence-corrected chi connectivity index (χ2v) is 4.92. The van der Waals surface area contributed by atoms with Gasteiger partial charge in [-0.15, -0.1) is 11.6 Å². The Kier molecular flexibility index (Phi) is 4.88. The van der Waals surface area contributed by atoms with E-state index in [2.05, 4.69) is 5.32 Å². The first kappa shape index (κ1) is 14.7. The number of benzene rings is 2. The van der Waals surface area contributed by atoms with Gasteiger partial charge in [0.25, 0.3) is 0 Å². The van der Waals surface area contributed by atoms with Gasteiger partial charge in [-0.1, -0.05) is 11.6 Å². The van der Waals surface area contributed by atoms with Crippen LogP contribution in [0.3, 0.4) is 0 Å². The lowest BCUT2D eigenvalue weighted by Crippen LogP contribution is -2.12. The monoisotopic (exact) mass is 309 g/mol. The molecule has 2 aromatic rings. The summed E-state index contributed by atoms with van der Waals surface area (Å²) in [6, 6.07) is 12.5. The zero-order valence-electron chi connectivity index (χ0n) is 10.8. The van der Waals surface area contributed by atoms with Crippen molar-refractivity contribution in [2.24, 2.45) is 0 Å². The van der Waals surface area contributed by atoms with Gasteiger partial charge in [-0.05, 0) is 55.0 Å². The van der Waals surface area contributed by atoms with E-state index >= 15 is 0 Å². The number of carbonyl (C=O) groups excluding carboxylic acids is 1. The van der Waals surface area contributed by atoms with E-state index < -0.39 is 0 Å². The van der Waals surface area contributed by atoms with Gasteiger partial charge in [0.05, 0.1) is 0 Å². The number of hydrogen-bond donors (Lipinski definition) is 1. The SMILES string of the molecule is Cc1cc(Cl)ccc1Oc1ccc(NC(=O)CCl)cc1. The highest BCUT2D eigenvalue weighted by atomic mass is 35.5. The van der Waals surface area contributed by atoms with E-state index in [-0.39, 0.29) is 11.8 Å². The Bertz CT molecular complexity index is 612. The van der Waals surface area contributed by atoms with Crippen molar-refractivity contribution in [3.05, 3.63) is 53.1 Å². The average molecular weight is 310 g/mol. The molecule has 2 rings (SSSR count). The fraction of sp³-hybridized carbons (Fsp3) is 0.133. The van der Waals surface area contributed by atoms with Crippen molar-refractivity contribution in [3.8, 4) is 11.5 Å². The summed E-state index contributed by atoms with van der Waals surface area (Å²) in [6.45, 7) is 1.93. The summed E-state index contributed by atoms with van der Waals surface area (Å²) in [5, 5.41) is 3.33. The van der Waals surface area contributed by atoms with Crippen LogP contribution < -0.4 is 10.1 Å². The topological polar surface area (TPSA) is 38.3 Å². The maximum absolute atomic E-state index is 11.1. The number of alkyl halides is 1. The third-order valence-electron chi connectivity index (χ3n) is 2.62. The van der Waals surface area contributed by atoms with Crippen LogP contribution in [0.2, 0.25) is 5.02 Å². The molecule has 1 N–H and O–H groups in total. The molecule has 0 aliphatic heterocycles. The Morgan fingerprint density at radius 2 is 1.90 bits per heavy atom. The molecule has 0 aliphatic rings. The highest BCUT2D eigenvalue weighted by Crippen LogP contribution is 2.27. The minimum absolute atomic E-state index is 0.0672. The molecule has 2 aromatic carbocycles. The first-order valence-corrected chi connectivity index (χ1v) is 6.89. The Morgan fingerprint density at radius 3 is 2.50 bits per heavy atom. The molecular weight excluding hydrogens is 297 g/mol. The number of rotatable bonds is 4. The van der Waals surface area contributed by atoms with Crippen LogP contribution in [-0.2, 0) is 4.79 Å². The molecule has 0 aromatic heterocycles. The lowest BCUT2D eigenvalue weighted by molar-refractivity contribution is -0.113. The molecule has 0 spiro atoms. The Labute approximate surface area is 127 Å². The number of hydrogen-bond acceptors (Lipinski definition) is 2. The van der Waals surface area contributed by atoms with E-state index in [9.17, 15) is 4.79 Å². The van der Waals surface area contributed by atoms with Crippen LogP contribution in [0.25, 0.3) is 0 Å². The predicted octanol–water partition coefficient (Wildman–Crippen LogP) is 4.62. The van der Waals surface area contributed by atoms with E-state index in [1.807, 2.05) is 19.1 Å². The normalized spacial score (nSPS) is 10.2. The fourth-order valence-electron chi connectivity index (χ4n) is 1.66. The second kappa shape index (κ2) is 6.64. The lowest BCUT2D eigenvalue weighted by Gasteiger charge is -2.10. The molecule has 5 heteroatoms. The Hall–Kier alpha value is -1.71. The number of carbonyl (C=O) groups is 1. The van der Waals surface area contributed by atoms with Crippen LogP contribution in [0, 0.1) is 6.92 Å². The van der Waals surface area contributed by atoms with Gasteiger partial charge in [0.1, 0.15) is 17.4 Å². The van der Waals surface area contributed by atoms with Crippen LogP contribution in [0.4, 0.5) is 5.69 Å². The first-order valence-electron chi connectivity index (χ1n) is 5.98. The Morgan fingerprint density at radius 1 is 1.20 bits per heavy atom. The molecule has 0 radical (unpaired) electrons. The van der Waals surface area contributed by atoms with Gasteiger partial charge in [-0.25, -0.2) is 0 Å². The maximum atomic E-state index is 11.1. The molecule has 0 saturated heterocycles. The lowest BCUT2D eigenvalue weighted by atomic mass is 10.2. The smallest absolute Gasteiger partial charge is 0.239 e. The molecule has 0 atom stereocenters. The Balaban J connectivity index is 2.08. The summed E-state index contributed by atoms with van der Waals surface area (Å²) in [4.78, 5) is 11.1. The van der Waals surface area contributed by atoms with E-state index in [1.165, 1.54) is 0 Å². The minimum Gasteiger partial charge on any atom is -0.457 e. The van der Waals surface area contributed by atoms with Crippen molar-refractivity contribution in [1.82, 2.24) is 0 Å². The van der Waals surface area contributed by atoms with E-state index in [0.717, 1.165) is 11.3 Å². The summed E-state index contributed by atoms with van der Waals surface area (Å²) in [6.07, 6.45) is 0. The molecule has 0 aliphatic carbocycles. The summed E-state index contributed by atoms with van der Waals surface area (Å²) in [5.74, 6) is 1.11. The van der Waals surface area contributed by atoms with Gasteiger partial charge in [0.2, 0.25) is 5.91 Å². The number of aryl methyl sites for hydroxylation is 1. The summed E-state index contributed by atoms with van der Waals surface area (Å²) < 4.78 is 5.75. The van der Waals surface area contributed by atoms with E-state index in [1.54, 1.807) is 30.3 Å². The average Bonchev–Trinajstić information content (AvgIpc) is 2.44. The highest BCUT2D eigenvalue weighted by molar-refractivity contribution is 6.30. The van der Waals surface area contributed by atoms with Crippen molar-refractivity contribution < 1.29 is 9.53 Å². The van der Waals surface area contributed by atoms with Crippen LogP contribution >= 0.6 is 23.2 Å². The number of anilines is 1. The quantitative estimate of drug-likeness (QED) is 0.837. The van der Waals surface area contributed by atoms with Gasteiger partial charge in [-0.3, -0.25) is 4.79 Å². The number of halogens is 2. The minimum atomic E-state index is -0.242. The molecule has 3 nitrogen and oxygen atoms in total. The number of ether oxygens (including phenoxy) is 1. The van der Waals surface area contributed by atoms with E-state index in [4.69, 9.17) is 27.9 Å². The van der Waals surface area contributed by atoms with Gasteiger partial charge < -0.3 is 10.1 Å². The molecular formula is C15H13Cl2NO2. The largest absolute Gasteiger partial charge is 0.457 e. The molecule has 20 heavy (non-hydrogen) atoms. The van der Waals surface area contributed by atoms with Crippen LogP contribution in [0.1, 0.15) is 5.56 Å². The summed E-state index contributed by atoms with van der Waals surface area (Å²) in [5.41, 5.74) is 1.63. The molecule has 0 bridgehead atoms. The van der Waals surface area contributed by atoms with Crippen molar-refractivity contribution >= 4 is 34.8 Å². The standard InChI is InChI=1S/C15H13Cl2NO2/c1-10-8-11(17)2-7-14(10)20-13-5-3-12(4-6-13)18-15(19)9-16/h2-8H,9H2,1H3,(H,18,19). The van der Waals surface area contributed by atoms with Crippen LogP contribution in [0.15, 0.2) is 42.5 Å². The molecule has 0 saturated carbocycles. The predicted molar refractivity (Wildman–Crippen MR) is 82.1 cm³/mol. The molecule has 0 heterocycles. The summed E-state index contributed by atoms with van der Waals surface area (Å²) >= 11 is 11.3. The molecule has 1 amide bonds. The van der Waals surface area contributed by atoms with Crippen LogP contribution in [0.5, 0.6) is 11.5 Å². The van der Waals surface area contributed by atoms with Crippen molar-refractivity contribution in [1.29, 1.82) is 0 Å². The van der Waals surface area contributed by atoms with Gasteiger partial charge in [0.15, 0.2) is 0 Å². The van der Waals surface area contributed by atoms with Crippen molar-refractivity contribution in [2.45, 2.75) is 6.92 Å². The maximum Gasteiger partial charge on any atom is 0.239 e. The van der Waals surface area contributed by atoms with Gasteiger partial charge in [0, 0.05) is 10.7 Å².